The van der Waals surface area contributed by atoms with Gasteiger partial charge in [0.1, 0.15) is 11.5 Å². The van der Waals surface area contributed by atoms with Gasteiger partial charge in [0.25, 0.3) is 0 Å². The summed E-state index contributed by atoms with van der Waals surface area (Å²) in [6.07, 6.45) is 0. The van der Waals surface area contributed by atoms with Crippen molar-refractivity contribution in [3.63, 3.8) is 0 Å². The average Bonchev–Trinajstić information content (AvgIpc) is 2.37. The molecule has 0 saturated carbocycles. The largest absolute Gasteiger partial charge is 0.376 e. The van der Waals surface area contributed by atoms with Crippen molar-refractivity contribution in [3.05, 3.63) is 65.0 Å². The fourth-order valence-corrected chi connectivity index (χ4v) is 2.02. The highest BCUT2D eigenvalue weighted by molar-refractivity contribution is 5.47. The molecular formula is C17H18F3N. The van der Waals surface area contributed by atoms with Gasteiger partial charge < -0.3 is 5.32 Å². The third kappa shape index (κ3) is 3.78. The highest BCUT2D eigenvalue weighted by Crippen LogP contribution is 2.23. The van der Waals surface area contributed by atoms with Gasteiger partial charge >= 0.3 is 0 Å². The monoisotopic (exact) mass is 293 g/mol. The van der Waals surface area contributed by atoms with Crippen molar-refractivity contribution in [2.24, 2.45) is 0 Å². The number of hydrogen-bond donors (Lipinski definition) is 1. The summed E-state index contributed by atoms with van der Waals surface area (Å²) in [6.45, 7) is 6.61. The number of halogens is 3. The molecule has 0 atom stereocenters. The zero-order chi connectivity index (χ0) is 15.6. The lowest BCUT2D eigenvalue weighted by molar-refractivity contribution is 0.547. The molecule has 0 radical (unpaired) electrons. The fraction of sp³-hybridized carbons (Fsp3) is 0.294. The first-order chi connectivity index (χ1) is 9.77. The minimum Gasteiger partial charge on any atom is -0.376 e. The van der Waals surface area contributed by atoms with Crippen LogP contribution in [0.3, 0.4) is 0 Å². The molecule has 0 spiro atoms. The van der Waals surface area contributed by atoms with Crippen molar-refractivity contribution >= 4 is 5.69 Å². The van der Waals surface area contributed by atoms with Crippen LogP contribution in [0, 0.1) is 17.5 Å². The Labute approximate surface area is 122 Å². The molecule has 0 aliphatic rings. The van der Waals surface area contributed by atoms with Crippen molar-refractivity contribution in [1.82, 2.24) is 0 Å². The summed E-state index contributed by atoms with van der Waals surface area (Å²) in [7, 11) is 0. The van der Waals surface area contributed by atoms with Gasteiger partial charge in [0, 0.05) is 18.7 Å². The van der Waals surface area contributed by atoms with E-state index in [0.29, 0.717) is 12.1 Å². The van der Waals surface area contributed by atoms with E-state index in [1.807, 2.05) is 24.3 Å². The van der Waals surface area contributed by atoms with Crippen LogP contribution in [0.1, 0.15) is 31.9 Å². The third-order valence-corrected chi connectivity index (χ3v) is 3.30. The van der Waals surface area contributed by atoms with Crippen LogP contribution in [0.4, 0.5) is 18.9 Å². The molecule has 0 heterocycles. The Kier molecular flexibility index (Phi) is 4.26. The Hall–Kier alpha value is -1.97. The molecule has 1 nitrogen and oxygen atoms in total. The molecule has 2 aromatic carbocycles. The first kappa shape index (κ1) is 15.4. The van der Waals surface area contributed by atoms with Crippen LogP contribution in [0.5, 0.6) is 0 Å². The lowest BCUT2D eigenvalue weighted by Crippen LogP contribution is -2.11. The van der Waals surface area contributed by atoms with Gasteiger partial charge in [-0.25, -0.2) is 13.2 Å². The van der Waals surface area contributed by atoms with Crippen molar-refractivity contribution in [2.75, 3.05) is 5.32 Å². The average molecular weight is 293 g/mol. The molecule has 21 heavy (non-hydrogen) atoms. The summed E-state index contributed by atoms with van der Waals surface area (Å²) in [4.78, 5) is 0. The minimum absolute atomic E-state index is 0.0567. The van der Waals surface area contributed by atoms with Crippen molar-refractivity contribution in [1.29, 1.82) is 0 Å². The van der Waals surface area contributed by atoms with E-state index >= 15 is 0 Å². The molecular weight excluding hydrogens is 275 g/mol. The maximum atomic E-state index is 13.5. The van der Waals surface area contributed by atoms with Gasteiger partial charge in [0.2, 0.25) is 0 Å². The highest BCUT2D eigenvalue weighted by atomic mass is 19.1. The zero-order valence-electron chi connectivity index (χ0n) is 12.3. The van der Waals surface area contributed by atoms with Gasteiger partial charge in [-0.05, 0) is 16.5 Å². The fourth-order valence-electron chi connectivity index (χ4n) is 2.02. The molecule has 0 aliphatic carbocycles. The second kappa shape index (κ2) is 5.80. The van der Waals surface area contributed by atoms with Crippen molar-refractivity contribution < 1.29 is 13.2 Å². The summed E-state index contributed by atoms with van der Waals surface area (Å²) in [5.74, 6) is -2.79. The Morgan fingerprint density at radius 2 is 1.43 bits per heavy atom. The van der Waals surface area contributed by atoms with Crippen molar-refractivity contribution in [3.8, 4) is 0 Å². The number of nitrogens with one attached hydrogen (secondary N) is 1. The minimum atomic E-state index is -0.932. The topological polar surface area (TPSA) is 12.0 Å². The summed E-state index contributed by atoms with van der Waals surface area (Å²) < 4.78 is 39.8. The second-order valence-electron chi connectivity index (χ2n) is 6.04. The molecule has 0 bridgehead atoms. The van der Waals surface area contributed by atoms with Crippen molar-refractivity contribution in [2.45, 2.75) is 32.7 Å². The van der Waals surface area contributed by atoms with E-state index in [2.05, 4.69) is 26.1 Å². The van der Waals surface area contributed by atoms with Crippen LogP contribution < -0.4 is 5.32 Å². The van der Waals surface area contributed by atoms with E-state index in [1.54, 1.807) is 0 Å². The molecule has 2 rings (SSSR count). The number of benzene rings is 2. The smallest absolute Gasteiger partial charge is 0.152 e. The van der Waals surface area contributed by atoms with Gasteiger partial charge in [-0.3, -0.25) is 0 Å². The predicted octanol–water partition coefficient (Wildman–Crippen LogP) is 5.01. The van der Waals surface area contributed by atoms with Gasteiger partial charge in [-0.15, -0.1) is 0 Å². The number of anilines is 1. The Morgan fingerprint density at radius 3 is 1.90 bits per heavy atom. The zero-order valence-corrected chi connectivity index (χ0v) is 12.3. The van der Waals surface area contributed by atoms with Crippen LogP contribution in [0.2, 0.25) is 0 Å². The molecule has 1 N–H and O–H groups in total. The normalized spacial score (nSPS) is 11.5. The molecule has 112 valence electrons. The highest BCUT2D eigenvalue weighted by Gasteiger charge is 2.13. The summed E-state index contributed by atoms with van der Waals surface area (Å²) in [5, 5.41) is 2.67. The van der Waals surface area contributed by atoms with E-state index in [4.69, 9.17) is 0 Å². The maximum absolute atomic E-state index is 13.5. The van der Waals surface area contributed by atoms with E-state index in [0.717, 1.165) is 5.56 Å². The van der Waals surface area contributed by atoms with Crippen LogP contribution in [-0.4, -0.2) is 0 Å². The first-order valence-corrected chi connectivity index (χ1v) is 6.75. The molecule has 4 heteroatoms. The van der Waals surface area contributed by atoms with Gasteiger partial charge in [0.05, 0.1) is 0 Å². The SMILES string of the molecule is CC(C)(C)c1ccc(CNc2c(F)cc(F)cc2F)cc1. The van der Waals surface area contributed by atoms with E-state index in [9.17, 15) is 13.2 Å². The van der Waals surface area contributed by atoms with Gasteiger partial charge in [-0.1, -0.05) is 45.0 Å². The Bertz CT molecular complexity index is 604. The van der Waals surface area contributed by atoms with E-state index < -0.39 is 17.5 Å². The molecule has 0 fully saturated rings. The van der Waals surface area contributed by atoms with E-state index in [1.165, 1.54) is 5.56 Å². The summed E-state index contributed by atoms with van der Waals surface area (Å²) >= 11 is 0. The molecule has 0 amide bonds. The summed E-state index contributed by atoms with van der Waals surface area (Å²) in [6, 6.07) is 9.13. The molecule has 2 aromatic rings. The lowest BCUT2D eigenvalue weighted by atomic mass is 9.87. The van der Waals surface area contributed by atoms with Crippen LogP contribution in [-0.2, 0) is 12.0 Å². The predicted molar refractivity (Wildman–Crippen MR) is 78.8 cm³/mol. The first-order valence-electron chi connectivity index (χ1n) is 6.75. The Morgan fingerprint density at radius 1 is 0.905 bits per heavy atom. The standard InChI is InChI=1S/C17H18F3N/c1-17(2,3)12-6-4-11(5-7-12)10-21-16-14(19)8-13(18)9-15(16)20/h4-9,21H,10H2,1-3H3. The van der Waals surface area contributed by atoms with Crippen LogP contribution >= 0.6 is 0 Å². The van der Waals surface area contributed by atoms with Gasteiger partial charge in [-0.2, -0.15) is 0 Å². The van der Waals surface area contributed by atoms with Gasteiger partial charge in [0.15, 0.2) is 11.6 Å². The molecule has 0 saturated heterocycles. The molecule has 0 aliphatic heterocycles. The third-order valence-electron chi connectivity index (χ3n) is 3.30. The van der Waals surface area contributed by atoms with E-state index in [-0.39, 0.29) is 17.6 Å². The molecule has 0 aromatic heterocycles. The number of rotatable bonds is 3. The van der Waals surface area contributed by atoms with Crippen LogP contribution in [0.15, 0.2) is 36.4 Å². The quantitative estimate of drug-likeness (QED) is 0.838. The molecule has 0 unspecified atom stereocenters. The van der Waals surface area contributed by atoms with Crippen LogP contribution in [0.25, 0.3) is 0 Å². The summed E-state index contributed by atoms with van der Waals surface area (Å²) in [5.41, 5.74) is 1.83. The second-order valence-corrected chi connectivity index (χ2v) is 6.04. The lowest BCUT2D eigenvalue weighted by Gasteiger charge is -2.19. The number of hydrogen-bond acceptors (Lipinski definition) is 1. The Balaban J connectivity index is 2.10. The maximum Gasteiger partial charge on any atom is 0.152 e.